The van der Waals surface area contributed by atoms with Gasteiger partial charge in [0, 0.05) is 24.5 Å². The maximum atomic E-state index is 6.02. The van der Waals surface area contributed by atoms with Crippen molar-refractivity contribution in [1.29, 1.82) is 0 Å². The first-order valence-corrected chi connectivity index (χ1v) is 6.87. The Labute approximate surface area is 116 Å². The molecule has 0 fully saturated rings. The molecule has 0 amide bonds. The summed E-state index contributed by atoms with van der Waals surface area (Å²) < 4.78 is 5.01. The van der Waals surface area contributed by atoms with Crippen molar-refractivity contribution < 1.29 is 4.74 Å². The largest absolute Gasteiger partial charge is 0.384 e. The van der Waals surface area contributed by atoms with Crippen molar-refractivity contribution in [2.24, 2.45) is 0 Å². The minimum absolute atomic E-state index is 0.462. The van der Waals surface area contributed by atoms with Gasteiger partial charge in [0.1, 0.15) is 10.2 Å². The van der Waals surface area contributed by atoms with Crippen molar-refractivity contribution in [2.75, 3.05) is 19.5 Å². The monoisotopic (exact) mass is 280 g/mol. The summed E-state index contributed by atoms with van der Waals surface area (Å²) in [5.41, 5.74) is 0.966. The first-order valence-electron chi connectivity index (χ1n) is 5.51. The Kier molecular flexibility index (Phi) is 4.99. The van der Waals surface area contributed by atoms with Crippen LogP contribution in [0.5, 0.6) is 0 Å². The first-order chi connectivity index (χ1) is 8.79. The van der Waals surface area contributed by atoms with E-state index >= 15 is 0 Å². The van der Waals surface area contributed by atoms with Gasteiger partial charge in [-0.1, -0.05) is 41.9 Å². The van der Waals surface area contributed by atoms with E-state index in [0.29, 0.717) is 17.6 Å². The van der Waals surface area contributed by atoms with Crippen molar-refractivity contribution in [1.82, 2.24) is 9.97 Å². The molecule has 3 nitrogen and oxygen atoms in total. The van der Waals surface area contributed by atoms with Gasteiger partial charge in [-0.05, 0) is 0 Å². The van der Waals surface area contributed by atoms with E-state index in [-0.39, 0.29) is 0 Å². The highest BCUT2D eigenvalue weighted by molar-refractivity contribution is 7.99. The molecule has 0 unspecified atom stereocenters. The molecule has 0 saturated carbocycles. The Morgan fingerprint density at radius 1 is 1.22 bits per heavy atom. The molecule has 1 aromatic carbocycles. The van der Waals surface area contributed by atoms with Crippen LogP contribution < -0.4 is 0 Å². The van der Waals surface area contributed by atoms with E-state index < -0.39 is 0 Å². The van der Waals surface area contributed by atoms with Crippen molar-refractivity contribution in [2.45, 2.75) is 5.03 Å². The van der Waals surface area contributed by atoms with Crippen molar-refractivity contribution >= 4 is 23.4 Å². The molecule has 0 spiro atoms. The van der Waals surface area contributed by atoms with Crippen molar-refractivity contribution in [3.05, 3.63) is 41.6 Å². The zero-order valence-corrected chi connectivity index (χ0v) is 11.5. The van der Waals surface area contributed by atoms with Crippen molar-refractivity contribution in [3.8, 4) is 11.4 Å². The molecule has 0 aliphatic carbocycles. The fraction of sp³-hybridized carbons (Fsp3) is 0.231. The molecule has 0 N–H and O–H groups in total. The van der Waals surface area contributed by atoms with Gasteiger partial charge in [0.25, 0.3) is 0 Å². The molecular formula is C13H13ClN2OS. The van der Waals surface area contributed by atoms with Gasteiger partial charge in [0.15, 0.2) is 5.82 Å². The second kappa shape index (κ2) is 6.73. The van der Waals surface area contributed by atoms with Crippen LogP contribution in [-0.2, 0) is 4.74 Å². The first kappa shape index (κ1) is 13.3. The van der Waals surface area contributed by atoms with Crippen LogP contribution in [-0.4, -0.2) is 29.4 Å². The lowest BCUT2D eigenvalue weighted by molar-refractivity contribution is 0.218. The van der Waals surface area contributed by atoms with Gasteiger partial charge < -0.3 is 4.74 Å². The summed E-state index contributed by atoms with van der Waals surface area (Å²) in [4.78, 5) is 8.73. The molecule has 0 bridgehead atoms. The third-order valence-corrected chi connectivity index (χ3v) is 3.31. The lowest BCUT2D eigenvalue weighted by Gasteiger charge is -2.04. The lowest BCUT2D eigenvalue weighted by Crippen LogP contribution is -1.95. The minimum atomic E-state index is 0.462. The number of nitrogens with zero attached hydrogens (tertiary/aromatic N) is 2. The number of benzene rings is 1. The van der Waals surface area contributed by atoms with Crippen molar-refractivity contribution in [3.63, 3.8) is 0 Å². The Hall–Kier alpha value is -1.10. The number of ether oxygens (including phenoxy) is 1. The summed E-state index contributed by atoms with van der Waals surface area (Å²) in [6.45, 7) is 0.687. The van der Waals surface area contributed by atoms with Crippen LogP contribution in [0.1, 0.15) is 0 Å². The van der Waals surface area contributed by atoms with Crippen LogP contribution in [0.3, 0.4) is 0 Å². The third-order valence-electron chi connectivity index (χ3n) is 2.24. The Morgan fingerprint density at radius 3 is 2.72 bits per heavy atom. The lowest BCUT2D eigenvalue weighted by atomic mass is 10.2. The van der Waals surface area contributed by atoms with Crippen LogP contribution in [0, 0.1) is 0 Å². The number of rotatable bonds is 5. The summed E-state index contributed by atoms with van der Waals surface area (Å²) in [5, 5.41) is 1.33. The molecule has 5 heteroatoms. The predicted molar refractivity (Wildman–Crippen MR) is 75.1 cm³/mol. The summed E-state index contributed by atoms with van der Waals surface area (Å²) in [7, 11) is 1.68. The molecule has 94 valence electrons. The van der Waals surface area contributed by atoms with Gasteiger partial charge in [-0.25, -0.2) is 9.97 Å². The van der Waals surface area contributed by atoms with Gasteiger partial charge in [0.2, 0.25) is 0 Å². The molecule has 2 aromatic rings. The molecular weight excluding hydrogens is 268 g/mol. The number of thioether (sulfide) groups is 1. The maximum Gasteiger partial charge on any atom is 0.162 e. The van der Waals surface area contributed by atoms with Gasteiger partial charge >= 0.3 is 0 Å². The second-order valence-electron chi connectivity index (χ2n) is 3.56. The number of aromatic nitrogens is 2. The summed E-state index contributed by atoms with van der Waals surface area (Å²) >= 11 is 7.62. The molecule has 2 rings (SSSR count). The Bertz CT molecular complexity index is 508. The number of halogens is 1. The zero-order chi connectivity index (χ0) is 12.8. The minimum Gasteiger partial charge on any atom is -0.384 e. The normalized spacial score (nSPS) is 10.6. The van der Waals surface area contributed by atoms with Gasteiger partial charge in [-0.15, -0.1) is 11.8 Å². The van der Waals surface area contributed by atoms with E-state index in [1.807, 2.05) is 30.3 Å². The van der Waals surface area contributed by atoms with Crippen LogP contribution in [0.15, 0.2) is 41.4 Å². The summed E-state index contributed by atoms with van der Waals surface area (Å²) in [6.07, 6.45) is 0. The van der Waals surface area contributed by atoms with E-state index in [4.69, 9.17) is 16.3 Å². The predicted octanol–water partition coefficient (Wildman–Crippen LogP) is 3.54. The smallest absolute Gasteiger partial charge is 0.162 e. The molecule has 1 aromatic heterocycles. The van der Waals surface area contributed by atoms with E-state index in [1.165, 1.54) is 0 Å². The Balaban J connectivity index is 2.21. The average Bonchev–Trinajstić information content (AvgIpc) is 2.39. The van der Waals surface area contributed by atoms with Gasteiger partial charge in [-0.3, -0.25) is 0 Å². The fourth-order valence-electron chi connectivity index (χ4n) is 1.42. The highest BCUT2D eigenvalue weighted by Gasteiger charge is 2.05. The molecule has 0 aliphatic rings. The summed E-state index contributed by atoms with van der Waals surface area (Å²) in [6, 6.07) is 11.6. The fourth-order valence-corrected chi connectivity index (χ4v) is 2.47. The van der Waals surface area contributed by atoms with Gasteiger partial charge in [0.05, 0.1) is 6.61 Å². The standard InChI is InChI=1S/C13H13ClN2OS/c1-17-7-8-18-12-9-11(14)15-13(16-12)10-5-3-2-4-6-10/h2-6,9H,7-8H2,1H3. The number of hydrogen-bond acceptors (Lipinski definition) is 4. The van der Waals surface area contributed by atoms with Crippen LogP contribution in [0.2, 0.25) is 5.15 Å². The molecule has 0 saturated heterocycles. The highest BCUT2D eigenvalue weighted by Crippen LogP contribution is 2.23. The van der Waals surface area contributed by atoms with E-state index in [2.05, 4.69) is 9.97 Å². The third kappa shape index (κ3) is 3.70. The van der Waals surface area contributed by atoms with Crippen LogP contribution in [0.25, 0.3) is 11.4 Å². The molecule has 0 aliphatic heterocycles. The van der Waals surface area contributed by atoms with Gasteiger partial charge in [-0.2, -0.15) is 0 Å². The number of methoxy groups -OCH3 is 1. The van der Waals surface area contributed by atoms with E-state index in [1.54, 1.807) is 24.9 Å². The highest BCUT2D eigenvalue weighted by atomic mass is 35.5. The maximum absolute atomic E-state index is 6.02. The van der Waals surface area contributed by atoms with Crippen LogP contribution in [0.4, 0.5) is 0 Å². The number of hydrogen-bond donors (Lipinski definition) is 0. The van der Waals surface area contributed by atoms with Crippen LogP contribution >= 0.6 is 23.4 Å². The topological polar surface area (TPSA) is 35.0 Å². The quantitative estimate of drug-likeness (QED) is 0.477. The zero-order valence-electron chi connectivity index (χ0n) is 9.97. The SMILES string of the molecule is COCCSc1cc(Cl)nc(-c2ccccc2)n1. The van der Waals surface area contributed by atoms with E-state index in [0.717, 1.165) is 16.3 Å². The summed E-state index contributed by atoms with van der Waals surface area (Å²) in [5.74, 6) is 1.50. The average molecular weight is 281 g/mol. The van der Waals surface area contributed by atoms with E-state index in [9.17, 15) is 0 Å². The molecule has 0 atom stereocenters. The molecule has 18 heavy (non-hydrogen) atoms. The molecule has 0 radical (unpaired) electrons. The molecule has 1 heterocycles. The Morgan fingerprint density at radius 2 is 2.00 bits per heavy atom. The second-order valence-corrected chi connectivity index (χ2v) is 5.06.